The van der Waals surface area contributed by atoms with Gasteiger partial charge in [-0.15, -0.1) is 0 Å². The van der Waals surface area contributed by atoms with Crippen molar-refractivity contribution in [1.29, 1.82) is 0 Å². The van der Waals surface area contributed by atoms with Gasteiger partial charge in [0.05, 0.1) is 24.6 Å². The normalized spacial score (nSPS) is 15.2. The van der Waals surface area contributed by atoms with E-state index in [4.69, 9.17) is 11.6 Å². The van der Waals surface area contributed by atoms with Crippen LogP contribution in [0.2, 0.25) is 5.02 Å². The minimum absolute atomic E-state index is 0.253. The van der Waals surface area contributed by atoms with Gasteiger partial charge in [-0.3, -0.25) is 10.00 Å². The average Bonchev–Trinajstić information content (AvgIpc) is 3.14. The van der Waals surface area contributed by atoms with Crippen LogP contribution in [-0.2, 0) is 6.54 Å². The molecule has 3 heterocycles. The minimum Gasteiger partial charge on any atom is -0.372 e. The molecular formula is C21H19ClN6. The lowest BCUT2D eigenvalue weighted by atomic mass is 10.0. The molecule has 0 amide bonds. The number of H-pyrrole nitrogens is 1. The molecule has 0 radical (unpaired) electrons. The van der Waals surface area contributed by atoms with Gasteiger partial charge in [-0.25, -0.2) is 0 Å². The predicted molar refractivity (Wildman–Crippen MR) is 111 cm³/mol. The largest absolute Gasteiger partial charge is 0.372 e. The van der Waals surface area contributed by atoms with E-state index < -0.39 is 0 Å². The molecular weight excluding hydrogens is 372 g/mol. The fraction of sp³-hybridized carbons (Fsp3) is 0.190. The van der Waals surface area contributed by atoms with E-state index in [1.165, 1.54) is 11.1 Å². The maximum Gasteiger partial charge on any atom is 0.102 e. The van der Waals surface area contributed by atoms with Crippen molar-refractivity contribution in [2.45, 2.75) is 19.5 Å². The third-order valence-electron chi connectivity index (χ3n) is 5.37. The van der Waals surface area contributed by atoms with Gasteiger partial charge in [0, 0.05) is 34.2 Å². The molecule has 140 valence electrons. The summed E-state index contributed by atoms with van der Waals surface area (Å²) in [6.45, 7) is 3.84. The van der Waals surface area contributed by atoms with E-state index in [0.29, 0.717) is 0 Å². The second-order valence-corrected chi connectivity index (χ2v) is 7.51. The average molecular weight is 391 g/mol. The lowest BCUT2D eigenvalue weighted by Gasteiger charge is -2.35. The molecule has 0 unspecified atom stereocenters. The summed E-state index contributed by atoms with van der Waals surface area (Å²) >= 11 is 6.18. The number of fused-ring (bicyclic) bond motifs is 2. The Labute approximate surface area is 167 Å². The number of hydrogen-bond acceptors (Lipinski definition) is 5. The fourth-order valence-corrected chi connectivity index (χ4v) is 3.97. The molecule has 0 spiro atoms. The highest BCUT2D eigenvalue weighted by molar-refractivity contribution is 6.30. The Hall–Kier alpha value is -2.96. The molecule has 1 atom stereocenters. The molecule has 28 heavy (non-hydrogen) atoms. The summed E-state index contributed by atoms with van der Waals surface area (Å²) in [5.74, 6) is 0. The van der Waals surface area contributed by atoms with Gasteiger partial charge in [-0.2, -0.15) is 15.3 Å². The number of aromatic amines is 1. The molecule has 2 aromatic heterocycles. The van der Waals surface area contributed by atoms with E-state index in [1.54, 1.807) is 12.4 Å². The highest BCUT2D eigenvalue weighted by Gasteiger charge is 2.23. The molecule has 2 aromatic carbocycles. The van der Waals surface area contributed by atoms with Crippen LogP contribution >= 0.6 is 11.6 Å². The number of rotatable bonds is 3. The molecule has 5 rings (SSSR count). The summed E-state index contributed by atoms with van der Waals surface area (Å²) in [5.41, 5.74) is 6.46. The molecule has 1 aliphatic heterocycles. The molecule has 0 aliphatic carbocycles. The second kappa shape index (κ2) is 6.89. The van der Waals surface area contributed by atoms with Crippen LogP contribution in [0, 0.1) is 0 Å². The number of hydrogen-bond donors (Lipinski definition) is 2. The fourth-order valence-electron chi connectivity index (χ4n) is 3.77. The summed E-state index contributed by atoms with van der Waals surface area (Å²) in [6.07, 6.45) is 3.42. The van der Waals surface area contributed by atoms with Crippen molar-refractivity contribution in [1.82, 2.24) is 25.3 Å². The highest BCUT2D eigenvalue weighted by atomic mass is 35.5. The standard InChI is InChI=1S/C21H19ClN6/c1-13(14-3-2-4-17(22)7-14)28-11-16-8-18-20(9-19(16)23-12-28)26-27-21(18)15-5-6-24-25-10-15/h2-10,13,23H,11-12H2,1H3,(H,26,27)/t13-/m1/s1. The first-order chi connectivity index (χ1) is 13.7. The molecule has 0 saturated heterocycles. The first kappa shape index (κ1) is 17.2. The van der Waals surface area contributed by atoms with Crippen LogP contribution in [0.1, 0.15) is 24.1 Å². The molecule has 1 aliphatic rings. The number of halogens is 1. The van der Waals surface area contributed by atoms with Crippen LogP contribution in [0.5, 0.6) is 0 Å². The summed E-state index contributed by atoms with van der Waals surface area (Å²) in [5, 5.41) is 20.9. The van der Waals surface area contributed by atoms with Crippen molar-refractivity contribution in [3.8, 4) is 11.3 Å². The molecule has 0 saturated carbocycles. The molecule has 4 aromatic rings. The van der Waals surface area contributed by atoms with Crippen LogP contribution in [-0.4, -0.2) is 32.0 Å². The first-order valence-corrected chi connectivity index (χ1v) is 9.58. The van der Waals surface area contributed by atoms with Gasteiger partial charge < -0.3 is 5.32 Å². The van der Waals surface area contributed by atoms with Gasteiger partial charge in [0.25, 0.3) is 0 Å². The van der Waals surface area contributed by atoms with Crippen LogP contribution in [0.3, 0.4) is 0 Å². The molecule has 0 bridgehead atoms. The Morgan fingerprint density at radius 3 is 2.89 bits per heavy atom. The quantitative estimate of drug-likeness (QED) is 0.534. The van der Waals surface area contributed by atoms with Crippen molar-refractivity contribution < 1.29 is 0 Å². The smallest absolute Gasteiger partial charge is 0.102 e. The van der Waals surface area contributed by atoms with E-state index >= 15 is 0 Å². The highest BCUT2D eigenvalue weighted by Crippen LogP contribution is 2.34. The van der Waals surface area contributed by atoms with Crippen LogP contribution < -0.4 is 5.32 Å². The Morgan fingerprint density at radius 2 is 2.07 bits per heavy atom. The lowest BCUT2D eigenvalue weighted by molar-refractivity contribution is 0.210. The SMILES string of the molecule is C[C@H](c1cccc(Cl)c1)N1CNc2cc3[nH]nc(-c4ccnnc4)c3cc2C1. The number of nitrogens with zero attached hydrogens (tertiary/aromatic N) is 4. The third kappa shape index (κ3) is 3.00. The first-order valence-electron chi connectivity index (χ1n) is 9.20. The number of anilines is 1. The van der Waals surface area contributed by atoms with E-state index in [-0.39, 0.29) is 6.04 Å². The van der Waals surface area contributed by atoms with E-state index in [9.17, 15) is 0 Å². The maximum absolute atomic E-state index is 6.18. The maximum atomic E-state index is 6.18. The zero-order valence-electron chi connectivity index (χ0n) is 15.4. The summed E-state index contributed by atoms with van der Waals surface area (Å²) in [4.78, 5) is 2.40. The van der Waals surface area contributed by atoms with Crippen molar-refractivity contribution >= 4 is 28.2 Å². The van der Waals surface area contributed by atoms with Gasteiger partial charge in [-0.05, 0) is 48.4 Å². The van der Waals surface area contributed by atoms with Gasteiger partial charge in [0.15, 0.2) is 0 Å². The molecule has 2 N–H and O–H groups in total. The summed E-state index contributed by atoms with van der Waals surface area (Å²) in [6, 6.07) is 14.6. The van der Waals surface area contributed by atoms with E-state index in [0.717, 1.165) is 46.1 Å². The second-order valence-electron chi connectivity index (χ2n) is 7.07. The third-order valence-corrected chi connectivity index (χ3v) is 5.60. The minimum atomic E-state index is 0.253. The summed E-state index contributed by atoms with van der Waals surface area (Å²) in [7, 11) is 0. The van der Waals surface area contributed by atoms with Crippen molar-refractivity contribution in [2.75, 3.05) is 12.0 Å². The van der Waals surface area contributed by atoms with Gasteiger partial charge in [0.1, 0.15) is 5.69 Å². The van der Waals surface area contributed by atoms with E-state index in [2.05, 4.69) is 55.7 Å². The van der Waals surface area contributed by atoms with Gasteiger partial charge >= 0.3 is 0 Å². The monoisotopic (exact) mass is 390 g/mol. The van der Waals surface area contributed by atoms with Crippen LogP contribution in [0.4, 0.5) is 5.69 Å². The van der Waals surface area contributed by atoms with Crippen LogP contribution in [0.25, 0.3) is 22.2 Å². The van der Waals surface area contributed by atoms with Crippen molar-refractivity contribution in [2.24, 2.45) is 0 Å². The predicted octanol–water partition coefficient (Wildman–Crippen LogP) is 4.62. The Balaban J connectivity index is 1.49. The molecule has 0 fully saturated rings. The van der Waals surface area contributed by atoms with Gasteiger partial charge in [-0.1, -0.05) is 23.7 Å². The molecule has 7 heteroatoms. The lowest BCUT2D eigenvalue weighted by Crippen LogP contribution is -2.35. The summed E-state index contributed by atoms with van der Waals surface area (Å²) < 4.78 is 0. The zero-order chi connectivity index (χ0) is 19.1. The van der Waals surface area contributed by atoms with Crippen molar-refractivity contribution in [3.63, 3.8) is 0 Å². The Bertz CT molecular complexity index is 1140. The number of aromatic nitrogens is 4. The number of benzene rings is 2. The topological polar surface area (TPSA) is 69.7 Å². The van der Waals surface area contributed by atoms with E-state index in [1.807, 2.05) is 24.3 Å². The van der Waals surface area contributed by atoms with Crippen LogP contribution in [0.15, 0.2) is 54.9 Å². The molecule has 6 nitrogen and oxygen atoms in total. The van der Waals surface area contributed by atoms with Gasteiger partial charge in [0.2, 0.25) is 0 Å². The Kier molecular flexibility index (Phi) is 4.22. The van der Waals surface area contributed by atoms with Crippen molar-refractivity contribution in [3.05, 3.63) is 71.0 Å². The Morgan fingerprint density at radius 1 is 1.14 bits per heavy atom. The zero-order valence-corrected chi connectivity index (χ0v) is 16.1. The number of nitrogens with one attached hydrogen (secondary N) is 2.